The molecule has 0 N–H and O–H groups in total. The summed E-state index contributed by atoms with van der Waals surface area (Å²) in [6.07, 6.45) is -0.343. The van der Waals surface area contributed by atoms with Crippen molar-refractivity contribution >= 4 is 5.78 Å². The highest BCUT2D eigenvalue weighted by atomic mass is 16.5. The van der Waals surface area contributed by atoms with Gasteiger partial charge in [-0.3, -0.25) is 4.79 Å². The number of methoxy groups -OCH3 is 2. The summed E-state index contributed by atoms with van der Waals surface area (Å²) in [6.45, 7) is 1.83. The van der Waals surface area contributed by atoms with Gasteiger partial charge in [-0.2, -0.15) is 0 Å². The Balaban J connectivity index is 3.46. The Bertz CT molecular complexity index is 90.3. The molecule has 0 bridgehead atoms. The predicted octanol–water partition coefficient (Wildman–Crippen LogP) is 0.237. The van der Waals surface area contributed by atoms with Crippen molar-refractivity contribution in [3.63, 3.8) is 0 Å². The van der Waals surface area contributed by atoms with E-state index in [0.29, 0.717) is 0 Å². The molecule has 3 nitrogen and oxygen atoms in total. The van der Waals surface area contributed by atoms with E-state index in [4.69, 9.17) is 4.74 Å². The molecule has 1 unspecified atom stereocenters. The third kappa shape index (κ3) is 3.21. The molecular weight excluding hydrogens is 120 g/mol. The van der Waals surface area contributed by atoms with Gasteiger partial charge in [0.25, 0.3) is 0 Å². The smallest absolute Gasteiger partial charge is 0.186 e. The van der Waals surface area contributed by atoms with Crippen molar-refractivity contribution in [2.24, 2.45) is 0 Å². The van der Waals surface area contributed by atoms with Crippen LogP contribution < -0.4 is 0 Å². The summed E-state index contributed by atoms with van der Waals surface area (Å²) in [6, 6.07) is 0. The highest BCUT2D eigenvalue weighted by Crippen LogP contribution is 1.89. The fourth-order valence-electron chi connectivity index (χ4n) is 0.391. The average Bonchev–Trinajstić information content (AvgIpc) is 1.87. The van der Waals surface area contributed by atoms with Gasteiger partial charge in [0.1, 0.15) is 12.7 Å². The van der Waals surface area contributed by atoms with Crippen LogP contribution in [-0.4, -0.2) is 32.7 Å². The molecule has 0 aromatic carbocycles. The van der Waals surface area contributed by atoms with E-state index < -0.39 is 0 Å². The summed E-state index contributed by atoms with van der Waals surface area (Å²) < 4.78 is 9.33. The number of hydrogen-bond donors (Lipinski definition) is 0. The molecule has 0 heterocycles. The van der Waals surface area contributed by atoms with Gasteiger partial charge in [0, 0.05) is 14.2 Å². The van der Waals surface area contributed by atoms with Crippen molar-refractivity contribution in [1.82, 2.24) is 0 Å². The summed E-state index contributed by atoms with van der Waals surface area (Å²) >= 11 is 0. The fourth-order valence-corrected chi connectivity index (χ4v) is 0.391. The molecular formula is C6H12O3. The Hall–Kier alpha value is -0.410. The van der Waals surface area contributed by atoms with E-state index in [2.05, 4.69) is 4.74 Å². The first-order valence-electron chi connectivity index (χ1n) is 2.76. The van der Waals surface area contributed by atoms with Crippen LogP contribution in [0.2, 0.25) is 0 Å². The highest BCUT2D eigenvalue weighted by Gasteiger charge is 2.09. The molecule has 0 radical (unpaired) electrons. The van der Waals surface area contributed by atoms with Gasteiger partial charge < -0.3 is 9.47 Å². The van der Waals surface area contributed by atoms with Gasteiger partial charge in [0.05, 0.1) is 0 Å². The molecule has 0 aromatic heterocycles. The normalized spacial score (nSPS) is 13.2. The Kier molecular flexibility index (Phi) is 4.26. The molecule has 1 atom stereocenters. The zero-order valence-corrected chi connectivity index (χ0v) is 6.01. The number of ketones is 1. The molecule has 0 fully saturated rings. The Morgan fingerprint density at radius 1 is 1.56 bits per heavy atom. The molecule has 0 aliphatic carbocycles. The lowest BCUT2D eigenvalue weighted by Crippen LogP contribution is -2.22. The van der Waals surface area contributed by atoms with Crippen LogP contribution in [0, 0.1) is 0 Å². The third-order valence-corrected chi connectivity index (χ3v) is 1.09. The van der Waals surface area contributed by atoms with Crippen molar-refractivity contribution in [3.8, 4) is 0 Å². The van der Waals surface area contributed by atoms with Gasteiger partial charge in [0.2, 0.25) is 0 Å². The van der Waals surface area contributed by atoms with Crippen molar-refractivity contribution in [1.29, 1.82) is 0 Å². The van der Waals surface area contributed by atoms with E-state index in [1.165, 1.54) is 14.2 Å². The SMILES string of the molecule is COCC(=O)C(C)OC. The lowest BCUT2D eigenvalue weighted by molar-refractivity contribution is -0.131. The third-order valence-electron chi connectivity index (χ3n) is 1.09. The van der Waals surface area contributed by atoms with Crippen LogP contribution >= 0.6 is 0 Å². The molecule has 0 aliphatic heterocycles. The van der Waals surface area contributed by atoms with Gasteiger partial charge in [-0.05, 0) is 6.92 Å². The van der Waals surface area contributed by atoms with Crippen LogP contribution in [0.15, 0.2) is 0 Å². The number of ether oxygens (including phenoxy) is 2. The number of carbonyl (C=O) groups is 1. The zero-order valence-electron chi connectivity index (χ0n) is 6.01. The number of Topliss-reactive ketones (excluding diaryl/α,β-unsaturated/α-hetero) is 1. The van der Waals surface area contributed by atoms with E-state index in [-0.39, 0.29) is 18.5 Å². The molecule has 0 spiro atoms. The lowest BCUT2D eigenvalue weighted by Gasteiger charge is -2.05. The zero-order chi connectivity index (χ0) is 7.28. The van der Waals surface area contributed by atoms with Gasteiger partial charge in [-0.1, -0.05) is 0 Å². The summed E-state index contributed by atoms with van der Waals surface area (Å²) in [5.74, 6) is -0.0278. The van der Waals surface area contributed by atoms with Gasteiger partial charge in [-0.15, -0.1) is 0 Å². The van der Waals surface area contributed by atoms with E-state index in [0.717, 1.165) is 0 Å². The fraction of sp³-hybridized carbons (Fsp3) is 0.833. The van der Waals surface area contributed by atoms with E-state index in [1.807, 2.05) is 0 Å². The maximum atomic E-state index is 10.7. The van der Waals surface area contributed by atoms with Crippen LogP contribution in [0.3, 0.4) is 0 Å². The van der Waals surface area contributed by atoms with Gasteiger partial charge in [-0.25, -0.2) is 0 Å². The summed E-state index contributed by atoms with van der Waals surface area (Å²) in [5, 5.41) is 0. The first kappa shape index (κ1) is 8.59. The minimum atomic E-state index is -0.343. The minimum absolute atomic E-state index is 0.0278. The number of rotatable bonds is 4. The lowest BCUT2D eigenvalue weighted by atomic mass is 10.3. The molecule has 0 saturated heterocycles. The van der Waals surface area contributed by atoms with E-state index in [9.17, 15) is 4.79 Å². The van der Waals surface area contributed by atoms with Crippen molar-refractivity contribution in [2.45, 2.75) is 13.0 Å². The summed E-state index contributed by atoms with van der Waals surface area (Å²) in [7, 11) is 2.98. The maximum Gasteiger partial charge on any atom is 0.186 e. The van der Waals surface area contributed by atoms with Crippen molar-refractivity contribution in [3.05, 3.63) is 0 Å². The second-order valence-corrected chi connectivity index (χ2v) is 1.78. The van der Waals surface area contributed by atoms with Crippen LogP contribution in [0.1, 0.15) is 6.92 Å². The predicted molar refractivity (Wildman–Crippen MR) is 33.4 cm³/mol. The molecule has 0 aromatic rings. The maximum absolute atomic E-state index is 10.7. The van der Waals surface area contributed by atoms with Crippen molar-refractivity contribution < 1.29 is 14.3 Å². The summed E-state index contributed by atoms with van der Waals surface area (Å²) in [5.41, 5.74) is 0. The molecule has 0 aliphatic rings. The summed E-state index contributed by atoms with van der Waals surface area (Å²) in [4.78, 5) is 10.7. The largest absolute Gasteiger partial charge is 0.377 e. The van der Waals surface area contributed by atoms with Gasteiger partial charge >= 0.3 is 0 Å². The van der Waals surface area contributed by atoms with Crippen molar-refractivity contribution in [2.75, 3.05) is 20.8 Å². The quantitative estimate of drug-likeness (QED) is 0.549. The first-order chi connectivity index (χ1) is 4.22. The highest BCUT2D eigenvalue weighted by molar-refractivity contribution is 5.83. The molecule has 0 saturated carbocycles. The monoisotopic (exact) mass is 132 g/mol. The average molecular weight is 132 g/mol. The van der Waals surface area contributed by atoms with Crippen LogP contribution in [0.25, 0.3) is 0 Å². The van der Waals surface area contributed by atoms with E-state index >= 15 is 0 Å². The van der Waals surface area contributed by atoms with Gasteiger partial charge in [0.15, 0.2) is 5.78 Å². The second kappa shape index (κ2) is 4.47. The molecule has 0 rings (SSSR count). The first-order valence-corrected chi connectivity index (χ1v) is 2.76. The standard InChI is InChI=1S/C6H12O3/c1-5(9-3)6(7)4-8-2/h5H,4H2,1-3H3. The number of carbonyl (C=O) groups excluding carboxylic acids is 1. The van der Waals surface area contributed by atoms with E-state index in [1.54, 1.807) is 6.92 Å². The van der Waals surface area contributed by atoms with Crippen LogP contribution in [0.5, 0.6) is 0 Å². The molecule has 54 valence electrons. The van der Waals surface area contributed by atoms with Crippen LogP contribution in [0.4, 0.5) is 0 Å². The second-order valence-electron chi connectivity index (χ2n) is 1.78. The Morgan fingerprint density at radius 2 is 2.11 bits per heavy atom. The van der Waals surface area contributed by atoms with Crippen LogP contribution in [-0.2, 0) is 14.3 Å². The Labute approximate surface area is 55.0 Å². The molecule has 3 heteroatoms. The minimum Gasteiger partial charge on any atom is -0.377 e. The topological polar surface area (TPSA) is 35.5 Å². The number of hydrogen-bond acceptors (Lipinski definition) is 3. The Morgan fingerprint density at radius 3 is 2.44 bits per heavy atom. The molecule has 0 amide bonds. The molecule has 9 heavy (non-hydrogen) atoms.